The molecule has 0 unspecified atom stereocenters. The number of carbonyl (C=O) groups is 1. The van der Waals surface area contributed by atoms with Crippen molar-refractivity contribution in [3.63, 3.8) is 0 Å². The van der Waals surface area contributed by atoms with Crippen molar-refractivity contribution in [3.8, 4) is 6.07 Å². The maximum Gasteiger partial charge on any atom is 0.353 e. The van der Waals surface area contributed by atoms with Crippen LogP contribution in [-0.2, 0) is 14.9 Å². The van der Waals surface area contributed by atoms with Crippen LogP contribution in [0, 0.1) is 11.3 Å². The van der Waals surface area contributed by atoms with Gasteiger partial charge in [-0.3, -0.25) is 4.98 Å². The Kier molecular flexibility index (Phi) is 3.02. The quantitative estimate of drug-likeness (QED) is 0.634. The summed E-state index contributed by atoms with van der Waals surface area (Å²) in [6, 6.07) is 5.89. The fraction of sp³-hybridized carbons (Fsp3) is 0.308. The Balaban J connectivity index is 2.19. The van der Waals surface area contributed by atoms with E-state index in [0.29, 0.717) is 5.69 Å². The third-order valence-electron chi connectivity index (χ3n) is 3.03. The predicted molar refractivity (Wildman–Crippen MR) is 64.9 cm³/mol. The summed E-state index contributed by atoms with van der Waals surface area (Å²) in [5.41, 5.74) is 6.65. The Labute approximate surface area is 105 Å². The molecule has 0 spiro atoms. The maximum absolute atomic E-state index is 11.1. The van der Waals surface area contributed by atoms with Crippen LogP contribution in [0.3, 0.4) is 0 Å². The van der Waals surface area contributed by atoms with E-state index in [9.17, 15) is 4.79 Å². The van der Waals surface area contributed by atoms with Crippen molar-refractivity contribution in [3.05, 3.63) is 35.3 Å². The van der Waals surface area contributed by atoms with Gasteiger partial charge in [0, 0.05) is 6.20 Å². The molecule has 0 saturated heterocycles. The first-order chi connectivity index (χ1) is 8.61. The summed E-state index contributed by atoms with van der Waals surface area (Å²) in [6.07, 6.45) is 4.86. The van der Waals surface area contributed by atoms with E-state index in [0.717, 1.165) is 18.4 Å². The summed E-state index contributed by atoms with van der Waals surface area (Å²) in [5.74, 6) is -0.587. The normalized spacial score (nSPS) is 16.8. The van der Waals surface area contributed by atoms with Crippen molar-refractivity contribution in [2.45, 2.75) is 18.3 Å². The van der Waals surface area contributed by atoms with Gasteiger partial charge in [-0.2, -0.15) is 5.26 Å². The van der Waals surface area contributed by atoms with Gasteiger partial charge < -0.3 is 10.5 Å². The molecule has 18 heavy (non-hydrogen) atoms. The highest BCUT2D eigenvalue weighted by atomic mass is 16.5. The highest BCUT2D eigenvalue weighted by Crippen LogP contribution is 2.47. The highest BCUT2D eigenvalue weighted by molar-refractivity contribution is 5.92. The number of hydrogen-bond donors (Lipinski definition) is 1. The summed E-state index contributed by atoms with van der Waals surface area (Å²) < 4.78 is 4.49. The molecular weight excluding hydrogens is 230 g/mol. The second kappa shape index (κ2) is 4.49. The lowest BCUT2D eigenvalue weighted by molar-refractivity contribution is -0.136. The molecule has 1 aromatic heterocycles. The van der Waals surface area contributed by atoms with Gasteiger partial charge in [0.1, 0.15) is 5.70 Å². The van der Waals surface area contributed by atoms with E-state index in [1.54, 1.807) is 12.3 Å². The average molecular weight is 243 g/mol. The monoisotopic (exact) mass is 243 g/mol. The summed E-state index contributed by atoms with van der Waals surface area (Å²) in [7, 11) is 1.27. The Morgan fingerprint density at radius 1 is 1.61 bits per heavy atom. The number of aromatic nitrogens is 1. The first-order valence-corrected chi connectivity index (χ1v) is 5.54. The van der Waals surface area contributed by atoms with Crippen LogP contribution in [0.5, 0.6) is 0 Å². The molecule has 1 aromatic rings. The number of nitrogens with zero attached hydrogens (tertiary/aromatic N) is 2. The molecule has 0 amide bonds. The average Bonchev–Trinajstić information content (AvgIpc) is 3.19. The standard InChI is InChI=1S/C13H13N3O2/c1-18-12(17)11(15)6-10-3-2-9(7-16-10)13(8-14)4-5-13/h2-3,6-7H,4-5,15H2,1H3/b11-6+. The van der Waals surface area contributed by atoms with Crippen LogP contribution < -0.4 is 5.73 Å². The molecular formula is C13H13N3O2. The SMILES string of the molecule is COC(=O)/C(N)=C\c1ccc(C2(C#N)CC2)cn1. The first-order valence-electron chi connectivity index (χ1n) is 5.54. The lowest BCUT2D eigenvalue weighted by Crippen LogP contribution is -2.12. The van der Waals surface area contributed by atoms with Gasteiger partial charge in [-0.1, -0.05) is 6.07 Å². The van der Waals surface area contributed by atoms with Gasteiger partial charge in [0.25, 0.3) is 0 Å². The van der Waals surface area contributed by atoms with E-state index in [4.69, 9.17) is 11.0 Å². The lowest BCUT2D eigenvalue weighted by Gasteiger charge is -2.05. The lowest BCUT2D eigenvalue weighted by atomic mass is 10.00. The molecule has 0 radical (unpaired) electrons. The highest BCUT2D eigenvalue weighted by Gasteiger charge is 2.45. The van der Waals surface area contributed by atoms with E-state index in [2.05, 4.69) is 15.8 Å². The fourth-order valence-electron chi connectivity index (χ4n) is 1.70. The molecule has 2 rings (SSSR count). The van der Waals surface area contributed by atoms with Crippen LogP contribution >= 0.6 is 0 Å². The fourth-order valence-corrected chi connectivity index (χ4v) is 1.70. The van der Waals surface area contributed by atoms with Crippen molar-refractivity contribution in [2.24, 2.45) is 5.73 Å². The minimum atomic E-state index is -0.587. The van der Waals surface area contributed by atoms with Gasteiger partial charge in [-0.15, -0.1) is 0 Å². The van der Waals surface area contributed by atoms with E-state index in [1.807, 2.05) is 6.07 Å². The van der Waals surface area contributed by atoms with Gasteiger partial charge in [0.15, 0.2) is 0 Å². The van der Waals surface area contributed by atoms with Crippen molar-refractivity contribution < 1.29 is 9.53 Å². The van der Waals surface area contributed by atoms with E-state index >= 15 is 0 Å². The Bertz CT molecular complexity index is 536. The third kappa shape index (κ3) is 2.18. The van der Waals surface area contributed by atoms with Crippen LogP contribution in [0.2, 0.25) is 0 Å². The van der Waals surface area contributed by atoms with Crippen molar-refractivity contribution in [1.82, 2.24) is 4.98 Å². The third-order valence-corrected chi connectivity index (χ3v) is 3.03. The van der Waals surface area contributed by atoms with E-state index in [-0.39, 0.29) is 11.1 Å². The number of nitrogens with two attached hydrogens (primary N) is 1. The van der Waals surface area contributed by atoms with Gasteiger partial charge in [-0.25, -0.2) is 4.79 Å². The Morgan fingerprint density at radius 2 is 2.33 bits per heavy atom. The van der Waals surface area contributed by atoms with E-state index < -0.39 is 5.97 Å². The molecule has 1 aliphatic carbocycles. The molecule has 5 heteroatoms. The summed E-state index contributed by atoms with van der Waals surface area (Å²) in [4.78, 5) is 15.3. The summed E-state index contributed by atoms with van der Waals surface area (Å²) >= 11 is 0. The van der Waals surface area contributed by atoms with Crippen molar-refractivity contribution in [1.29, 1.82) is 5.26 Å². The number of hydrogen-bond acceptors (Lipinski definition) is 5. The van der Waals surface area contributed by atoms with Crippen LogP contribution in [0.25, 0.3) is 6.08 Å². The zero-order chi connectivity index (χ0) is 13.2. The number of carbonyl (C=O) groups excluding carboxylic acids is 1. The number of esters is 1. The number of rotatable bonds is 3. The maximum atomic E-state index is 11.1. The topological polar surface area (TPSA) is 89.0 Å². The molecule has 0 aromatic carbocycles. The molecule has 1 saturated carbocycles. The predicted octanol–water partition coefficient (Wildman–Crippen LogP) is 1.11. The van der Waals surface area contributed by atoms with Crippen LogP contribution in [0.4, 0.5) is 0 Å². The van der Waals surface area contributed by atoms with Gasteiger partial charge in [-0.05, 0) is 30.5 Å². The molecule has 1 aliphatic rings. The molecule has 0 aliphatic heterocycles. The van der Waals surface area contributed by atoms with Gasteiger partial charge in [0.2, 0.25) is 0 Å². The molecule has 1 fully saturated rings. The minimum absolute atomic E-state index is 0.000770. The van der Waals surface area contributed by atoms with Crippen LogP contribution in [0.15, 0.2) is 24.0 Å². The molecule has 2 N–H and O–H groups in total. The zero-order valence-electron chi connectivity index (χ0n) is 10.0. The molecule has 1 heterocycles. The number of nitriles is 1. The smallest absolute Gasteiger partial charge is 0.353 e. The summed E-state index contributed by atoms with van der Waals surface area (Å²) in [6.45, 7) is 0. The Morgan fingerprint density at radius 3 is 2.78 bits per heavy atom. The minimum Gasteiger partial charge on any atom is -0.464 e. The second-order valence-corrected chi connectivity index (χ2v) is 4.26. The first kappa shape index (κ1) is 12.1. The molecule has 5 nitrogen and oxygen atoms in total. The van der Waals surface area contributed by atoms with Crippen LogP contribution in [-0.4, -0.2) is 18.1 Å². The molecule has 0 atom stereocenters. The Hall–Kier alpha value is -2.35. The zero-order valence-corrected chi connectivity index (χ0v) is 10.0. The molecule has 0 bridgehead atoms. The number of methoxy groups -OCH3 is 1. The van der Waals surface area contributed by atoms with Gasteiger partial charge >= 0.3 is 5.97 Å². The van der Waals surface area contributed by atoms with Crippen LogP contribution in [0.1, 0.15) is 24.1 Å². The van der Waals surface area contributed by atoms with Crippen molar-refractivity contribution in [2.75, 3.05) is 7.11 Å². The van der Waals surface area contributed by atoms with Crippen molar-refractivity contribution >= 4 is 12.0 Å². The summed E-state index contributed by atoms with van der Waals surface area (Å²) in [5, 5.41) is 9.06. The van der Waals surface area contributed by atoms with Gasteiger partial charge in [0.05, 0.1) is 24.3 Å². The number of pyridine rings is 1. The van der Waals surface area contributed by atoms with E-state index in [1.165, 1.54) is 13.2 Å². The largest absolute Gasteiger partial charge is 0.464 e. The second-order valence-electron chi connectivity index (χ2n) is 4.26. The number of ether oxygens (including phenoxy) is 1. The molecule has 92 valence electrons.